The fourth-order valence-corrected chi connectivity index (χ4v) is 2.37. The number of nitrogens with zero attached hydrogens (tertiary/aromatic N) is 1. The second kappa shape index (κ2) is 9.58. The molecule has 0 saturated carbocycles. The third kappa shape index (κ3) is 5.00. The van der Waals surface area contributed by atoms with Crippen LogP contribution in [0.4, 0.5) is 0 Å². The number of nitrogens with two attached hydrogens (primary N) is 1. The zero-order chi connectivity index (χ0) is 15.6. The van der Waals surface area contributed by atoms with Crippen molar-refractivity contribution in [2.45, 2.75) is 59.4 Å². The smallest absolute Gasteiger partial charge is 0.234 e. The number of rotatable bonds is 10. The molecule has 4 N–H and O–H groups in total. The topological polar surface area (TPSA) is 96.9 Å². The summed E-state index contributed by atoms with van der Waals surface area (Å²) in [5, 5.41) is 15.0. The maximum atomic E-state index is 12.6. The molecule has 0 rings (SSSR count). The molecule has 0 aromatic carbocycles. The minimum Gasteiger partial charge on any atom is -0.409 e. The van der Waals surface area contributed by atoms with E-state index in [0.717, 1.165) is 12.8 Å². The van der Waals surface area contributed by atoms with Gasteiger partial charge in [-0.2, -0.15) is 0 Å². The van der Waals surface area contributed by atoms with Crippen LogP contribution in [0.5, 0.6) is 0 Å². The molecule has 0 aromatic heterocycles. The van der Waals surface area contributed by atoms with E-state index in [0.29, 0.717) is 26.1 Å². The molecular weight excluding hydrogens is 258 g/mol. The number of amides is 1. The van der Waals surface area contributed by atoms with E-state index in [1.54, 1.807) is 0 Å². The zero-order valence-electron chi connectivity index (χ0n) is 13.1. The number of oxime groups is 1. The van der Waals surface area contributed by atoms with Gasteiger partial charge in [-0.25, -0.2) is 0 Å². The van der Waals surface area contributed by atoms with Crippen LogP contribution < -0.4 is 11.1 Å². The molecular formula is C14H29N3O3. The summed E-state index contributed by atoms with van der Waals surface area (Å²) in [7, 11) is 0. The Labute approximate surface area is 121 Å². The van der Waals surface area contributed by atoms with Crippen LogP contribution in [0, 0.1) is 5.41 Å². The van der Waals surface area contributed by atoms with Gasteiger partial charge in [-0.05, 0) is 26.7 Å². The van der Waals surface area contributed by atoms with E-state index in [4.69, 9.17) is 15.7 Å². The molecule has 1 atom stereocenters. The van der Waals surface area contributed by atoms with E-state index in [1.165, 1.54) is 0 Å². The molecule has 1 amide bonds. The first-order valence-electron chi connectivity index (χ1n) is 7.35. The standard InChI is InChI=1S/C14H29N3O3/c1-5-8-14(9-6-2,12(15)17-19)13(18)16-11(4)10-20-7-3/h11,19H,5-10H2,1-4H3,(H2,15,17)(H,16,18). The minimum absolute atomic E-state index is 0.0118. The van der Waals surface area contributed by atoms with Gasteiger partial charge in [-0.3, -0.25) is 4.79 Å². The average molecular weight is 287 g/mol. The van der Waals surface area contributed by atoms with Gasteiger partial charge in [0, 0.05) is 12.6 Å². The van der Waals surface area contributed by atoms with Crippen LogP contribution in [0.25, 0.3) is 0 Å². The molecule has 0 aliphatic carbocycles. The molecule has 118 valence electrons. The summed E-state index contributed by atoms with van der Waals surface area (Å²) in [5.74, 6) is -0.203. The second-order valence-corrected chi connectivity index (χ2v) is 5.10. The number of hydrogen-bond donors (Lipinski definition) is 3. The van der Waals surface area contributed by atoms with Gasteiger partial charge in [0.05, 0.1) is 6.61 Å². The predicted molar refractivity (Wildman–Crippen MR) is 79.8 cm³/mol. The summed E-state index contributed by atoms with van der Waals surface area (Å²) in [4.78, 5) is 12.6. The van der Waals surface area contributed by atoms with Crippen LogP contribution in [-0.4, -0.2) is 36.2 Å². The first-order chi connectivity index (χ1) is 9.48. The third-order valence-electron chi connectivity index (χ3n) is 3.34. The van der Waals surface area contributed by atoms with Gasteiger partial charge < -0.3 is 21.0 Å². The highest BCUT2D eigenvalue weighted by molar-refractivity contribution is 6.06. The monoisotopic (exact) mass is 287 g/mol. The van der Waals surface area contributed by atoms with E-state index >= 15 is 0 Å². The Hall–Kier alpha value is -1.30. The highest BCUT2D eigenvalue weighted by Gasteiger charge is 2.41. The van der Waals surface area contributed by atoms with Gasteiger partial charge in [0.2, 0.25) is 5.91 Å². The lowest BCUT2D eigenvalue weighted by Crippen LogP contribution is -2.52. The van der Waals surface area contributed by atoms with Gasteiger partial charge in [0.15, 0.2) is 5.84 Å². The van der Waals surface area contributed by atoms with E-state index in [-0.39, 0.29) is 17.8 Å². The van der Waals surface area contributed by atoms with Crippen molar-refractivity contribution in [1.29, 1.82) is 0 Å². The zero-order valence-corrected chi connectivity index (χ0v) is 13.1. The van der Waals surface area contributed by atoms with E-state index in [2.05, 4.69) is 10.5 Å². The maximum absolute atomic E-state index is 12.6. The number of carbonyl (C=O) groups excluding carboxylic acids is 1. The molecule has 0 fully saturated rings. The van der Waals surface area contributed by atoms with Crippen molar-refractivity contribution in [3.05, 3.63) is 0 Å². The summed E-state index contributed by atoms with van der Waals surface area (Å²) in [5.41, 5.74) is 4.88. The Balaban J connectivity index is 5.04. The molecule has 20 heavy (non-hydrogen) atoms. The number of ether oxygens (including phenoxy) is 1. The summed E-state index contributed by atoms with van der Waals surface area (Å²) in [6, 6.07) is -0.109. The fourth-order valence-electron chi connectivity index (χ4n) is 2.37. The summed E-state index contributed by atoms with van der Waals surface area (Å²) in [6.07, 6.45) is 2.68. The van der Waals surface area contributed by atoms with Gasteiger partial charge in [0.1, 0.15) is 5.41 Å². The fraction of sp³-hybridized carbons (Fsp3) is 0.857. The van der Waals surface area contributed by atoms with Crippen molar-refractivity contribution < 1.29 is 14.7 Å². The Bertz CT molecular complexity index is 313. The normalized spacial score (nSPS) is 14.1. The van der Waals surface area contributed by atoms with Crippen molar-refractivity contribution in [3.63, 3.8) is 0 Å². The Morgan fingerprint density at radius 3 is 2.30 bits per heavy atom. The van der Waals surface area contributed by atoms with Crippen molar-refractivity contribution in [2.24, 2.45) is 16.3 Å². The van der Waals surface area contributed by atoms with Crippen molar-refractivity contribution in [1.82, 2.24) is 5.32 Å². The molecule has 0 bridgehead atoms. The summed E-state index contributed by atoms with van der Waals surface area (Å²) < 4.78 is 5.29. The lowest BCUT2D eigenvalue weighted by Gasteiger charge is -2.32. The Morgan fingerprint density at radius 2 is 1.90 bits per heavy atom. The van der Waals surface area contributed by atoms with Crippen LogP contribution in [0.1, 0.15) is 53.4 Å². The third-order valence-corrected chi connectivity index (χ3v) is 3.34. The lowest BCUT2D eigenvalue weighted by molar-refractivity contribution is -0.129. The number of hydrogen-bond acceptors (Lipinski definition) is 4. The Kier molecular flexibility index (Phi) is 8.96. The van der Waals surface area contributed by atoms with E-state index < -0.39 is 5.41 Å². The SMILES string of the molecule is CCCC(CCC)(C(=O)NC(C)COCC)C(N)=NO. The second-order valence-electron chi connectivity index (χ2n) is 5.10. The van der Waals surface area contributed by atoms with Crippen LogP contribution >= 0.6 is 0 Å². The molecule has 0 saturated heterocycles. The largest absolute Gasteiger partial charge is 0.409 e. The van der Waals surface area contributed by atoms with Gasteiger partial charge in [-0.1, -0.05) is 31.8 Å². The van der Waals surface area contributed by atoms with Crippen LogP contribution in [0.3, 0.4) is 0 Å². The highest BCUT2D eigenvalue weighted by atomic mass is 16.5. The molecule has 0 aromatic rings. The highest BCUT2D eigenvalue weighted by Crippen LogP contribution is 2.31. The quantitative estimate of drug-likeness (QED) is 0.247. The van der Waals surface area contributed by atoms with Gasteiger partial charge >= 0.3 is 0 Å². The van der Waals surface area contributed by atoms with Crippen LogP contribution in [0.2, 0.25) is 0 Å². The van der Waals surface area contributed by atoms with E-state index in [1.807, 2.05) is 27.7 Å². The number of amidine groups is 1. The number of carbonyl (C=O) groups is 1. The average Bonchev–Trinajstić information content (AvgIpc) is 2.43. The Morgan fingerprint density at radius 1 is 1.35 bits per heavy atom. The first kappa shape index (κ1) is 18.7. The van der Waals surface area contributed by atoms with Gasteiger partial charge in [0.25, 0.3) is 0 Å². The van der Waals surface area contributed by atoms with Crippen LogP contribution in [-0.2, 0) is 9.53 Å². The lowest BCUT2D eigenvalue weighted by atomic mass is 9.77. The summed E-state index contributed by atoms with van der Waals surface area (Å²) >= 11 is 0. The van der Waals surface area contributed by atoms with Crippen molar-refractivity contribution in [2.75, 3.05) is 13.2 Å². The summed E-state index contributed by atoms with van der Waals surface area (Å²) in [6.45, 7) is 8.80. The maximum Gasteiger partial charge on any atom is 0.234 e. The minimum atomic E-state index is -0.932. The predicted octanol–water partition coefficient (Wildman–Crippen LogP) is 1.86. The molecule has 0 spiro atoms. The molecule has 1 unspecified atom stereocenters. The number of nitrogens with one attached hydrogen (secondary N) is 1. The molecule has 0 aliphatic heterocycles. The van der Waals surface area contributed by atoms with Crippen LogP contribution in [0.15, 0.2) is 5.16 Å². The molecule has 0 heterocycles. The molecule has 0 radical (unpaired) electrons. The molecule has 0 aliphatic rings. The van der Waals surface area contributed by atoms with Crippen molar-refractivity contribution in [3.8, 4) is 0 Å². The van der Waals surface area contributed by atoms with Crippen molar-refractivity contribution >= 4 is 11.7 Å². The molecule has 6 nitrogen and oxygen atoms in total. The van der Waals surface area contributed by atoms with Gasteiger partial charge in [-0.15, -0.1) is 0 Å². The van der Waals surface area contributed by atoms with E-state index in [9.17, 15) is 4.79 Å². The first-order valence-corrected chi connectivity index (χ1v) is 7.35. The molecule has 6 heteroatoms.